The van der Waals surface area contributed by atoms with Crippen LogP contribution >= 0.6 is 31.9 Å². The first-order chi connectivity index (χ1) is 9.18. The Balaban J connectivity index is 1.97. The molecule has 1 aliphatic heterocycles. The van der Waals surface area contributed by atoms with E-state index in [0.717, 1.165) is 40.7 Å². The van der Waals surface area contributed by atoms with Crippen molar-refractivity contribution in [1.82, 2.24) is 10.2 Å². The highest BCUT2D eigenvalue weighted by Crippen LogP contribution is 2.50. The highest BCUT2D eigenvalue weighted by atomic mass is 79.9. The number of halogens is 2. The second-order valence-electron chi connectivity index (χ2n) is 5.36. The molecule has 5 heteroatoms. The van der Waals surface area contributed by atoms with Crippen molar-refractivity contribution in [3.05, 3.63) is 26.6 Å². The van der Waals surface area contributed by atoms with E-state index in [1.165, 1.54) is 12.8 Å². The number of benzene rings is 1. The fourth-order valence-corrected chi connectivity index (χ4v) is 3.83. The van der Waals surface area contributed by atoms with Crippen molar-refractivity contribution in [2.24, 2.45) is 5.92 Å². The number of nitrogens with one attached hydrogen (secondary N) is 1. The first-order valence-electron chi connectivity index (χ1n) is 6.80. The molecule has 0 bridgehead atoms. The Labute approximate surface area is 130 Å². The average molecular weight is 390 g/mol. The third-order valence-corrected chi connectivity index (χ3v) is 5.36. The van der Waals surface area contributed by atoms with Gasteiger partial charge in [0.25, 0.3) is 0 Å². The van der Waals surface area contributed by atoms with Gasteiger partial charge in [0, 0.05) is 42.3 Å². The molecule has 3 nitrogen and oxygen atoms in total. The quantitative estimate of drug-likeness (QED) is 0.832. The highest BCUT2D eigenvalue weighted by Gasteiger charge is 2.39. The van der Waals surface area contributed by atoms with E-state index in [4.69, 9.17) is 0 Å². The molecule has 0 spiro atoms. The minimum Gasteiger partial charge on any atom is -0.506 e. The largest absolute Gasteiger partial charge is 0.506 e. The van der Waals surface area contributed by atoms with Gasteiger partial charge in [-0.05, 0) is 46.8 Å². The Bertz CT molecular complexity index is 471. The molecule has 1 aromatic carbocycles. The van der Waals surface area contributed by atoms with Gasteiger partial charge in [-0.15, -0.1) is 0 Å². The molecule has 0 amide bonds. The van der Waals surface area contributed by atoms with Gasteiger partial charge in [-0.2, -0.15) is 0 Å². The number of rotatable bonds is 3. The molecule has 2 aliphatic rings. The zero-order chi connectivity index (χ0) is 13.4. The maximum atomic E-state index is 10.4. The topological polar surface area (TPSA) is 35.5 Å². The number of aromatic hydroxyl groups is 1. The molecule has 2 N–H and O–H groups in total. The molecular formula is C14H18Br2N2O. The standard InChI is InChI=1S/C14H18Br2N2O/c15-10-3-4-11(16)14(19)12(10)13(9-1-2-9)18-7-5-17-6-8-18/h3-4,9,13,17,19H,1-2,5-8H2/t13-/m1/s1. The van der Waals surface area contributed by atoms with Crippen molar-refractivity contribution >= 4 is 31.9 Å². The van der Waals surface area contributed by atoms with Gasteiger partial charge in [-0.25, -0.2) is 0 Å². The summed E-state index contributed by atoms with van der Waals surface area (Å²) < 4.78 is 1.80. The minimum atomic E-state index is 0.342. The Morgan fingerprint density at radius 2 is 1.79 bits per heavy atom. The van der Waals surface area contributed by atoms with Crippen LogP contribution in [0.2, 0.25) is 0 Å². The summed E-state index contributed by atoms with van der Waals surface area (Å²) in [5.74, 6) is 1.08. The third kappa shape index (κ3) is 2.84. The van der Waals surface area contributed by atoms with Crippen LogP contribution in [0.5, 0.6) is 5.75 Å². The molecular weight excluding hydrogens is 372 g/mol. The van der Waals surface area contributed by atoms with Crippen molar-refractivity contribution in [3.63, 3.8) is 0 Å². The third-order valence-electron chi connectivity index (χ3n) is 4.02. The Morgan fingerprint density at radius 3 is 2.42 bits per heavy atom. The van der Waals surface area contributed by atoms with Gasteiger partial charge in [-0.1, -0.05) is 15.9 Å². The van der Waals surface area contributed by atoms with Crippen LogP contribution in [0.3, 0.4) is 0 Å². The number of hydrogen-bond donors (Lipinski definition) is 2. The van der Waals surface area contributed by atoms with Gasteiger partial charge in [-0.3, -0.25) is 4.90 Å². The summed E-state index contributed by atoms with van der Waals surface area (Å²) in [4.78, 5) is 2.51. The molecule has 1 atom stereocenters. The van der Waals surface area contributed by atoms with Crippen molar-refractivity contribution in [2.75, 3.05) is 26.2 Å². The Morgan fingerprint density at radius 1 is 1.16 bits per heavy atom. The molecule has 0 aromatic heterocycles. The summed E-state index contributed by atoms with van der Waals surface area (Å²) >= 11 is 7.06. The summed E-state index contributed by atoms with van der Waals surface area (Å²) in [5, 5.41) is 13.8. The zero-order valence-corrected chi connectivity index (χ0v) is 13.9. The Kier molecular flexibility index (Phi) is 4.17. The number of nitrogens with zero attached hydrogens (tertiary/aromatic N) is 1. The average Bonchev–Trinajstić information content (AvgIpc) is 3.24. The predicted molar refractivity (Wildman–Crippen MR) is 83.4 cm³/mol. The van der Waals surface area contributed by atoms with Crippen molar-refractivity contribution in [2.45, 2.75) is 18.9 Å². The van der Waals surface area contributed by atoms with Crippen LogP contribution in [0.1, 0.15) is 24.4 Å². The van der Waals surface area contributed by atoms with E-state index in [-0.39, 0.29) is 0 Å². The maximum Gasteiger partial charge on any atom is 0.135 e. The number of hydrogen-bond acceptors (Lipinski definition) is 3. The maximum absolute atomic E-state index is 10.4. The van der Waals surface area contributed by atoms with E-state index in [9.17, 15) is 5.11 Å². The molecule has 1 aromatic rings. The smallest absolute Gasteiger partial charge is 0.135 e. The lowest BCUT2D eigenvalue weighted by atomic mass is 9.99. The van der Waals surface area contributed by atoms with E-state index in [2.05, 4.69) is 42.1 Å². The van der Waals surface area contributed by atoms with Gasteiger partial charge >= 0.3 is 0 Å². The number of phenols is 1. The summed E-state index contributed by atoms with van der Waals surface area (Å²) in [7, 11) is 0. The van der Waals surface area contributed by atoms with E-state index >= 15 is 0 Å². The van der Waals surface area contributed by atoms with Gasteiger partial charge in [0.2, 0.25) is 0 Å². The second kappa shape index (κ2) is 5.72. The summed E-state index contributed by atoms with van der Waals surface area (Å²) in [6, 6.07) is 4.26. The molecule has 0 radical (unpaired) electrons. The number of phenolic OH excluding ortho intramolecular Hbond substituents is 1. The summed E-state index contributed by atoms with van der Waals surface area (Å²) in [6.45, 7) is 4.18. The SMILES string of the molecule is Oc1c(Br)ccc(Br)c1[C@@H](C1CC1)N1CCNCC1. The molecule has 1 heterocycles. The van der Waals surface area contributed by atoms with E-state index in [1.807, 2.05) is 12.1 Å². The summed E-state index contributed by atoms with van der Waals surface area (Å²) in [6.07, 6.45) is 2.54. The van der Waals surface area contributed by atoms with Crippen molar-refractivity contribution in [1.29, 1.82) is 0 Å². The first-order valence-corrected chi connectivity index (χ1v) is 8.38. The summed E-state index contributed by atoms with van der Waals surface area (Å²) in [5.41, 5.74) is 1.05. The molecule has 104 valence electrons. The lowest BCUT2D eigenvalue weighted by Gasteiger charge is -2.36. The van der Waals surface area contributed by atoms with Gasteiger partial charge in [0.15, 0.2) is 0 Å². The highest BCUT2D eigenvalue weighted by molar-refractivity contribution is 9.11. The zero-order valence-electron chi connectivity index (χ0n) is 10.7. The van der Waals surface area contributed by atoms with Crippen LogP contribution < -0.4 is 5.32 Å². The van der Waals surface area contributed by atoms with Crippen LogP contribution in [-0.2, 0) is 0 Å². The fraction of sp³-hybridized carbons (Fsp3) is 0.571. The molecule has 1 aliphatic carbocycles. The normalized spacial score (nSPS) is 22.4. The van der Waals surface area contributed by atoms with Gasteiger partial charge < -0.3 is 10.4 Å². The van der Waals surface area contributed by atoms with Crippen LogP contribution in [0.15, 0.2) is 21.1 Å². The molecule has 19 heavy (non-hydrogen) atoms. The molecule has 1 saturated heterocycles. The van der Waals surface area contributed by atoms with E-state index < -0.39 is 0 Å². The van der Waals surface area contributed by atoms with E-state index in [0.29, 0.717) is 17.7 Å². The van der Waals surface area contributed by atoms with Crippen LogP contribution in [-0.4, -0.2) is 36.2 Å². The Hall–Kier alpha value is -0.100. The van der Waals surface area contributed by atoms with Gasteiger partial charge in [0.05, 0.1) is 4.47 Å². The lowest BCUT2D eigenvalue weighted by molar-refractivity contribution is 0.153. The molecule has 1 saturated carbocycles. The second-order valence-corrected chi connectivity index (χ2v) is 7.07. The van der Waals surface area contributed by atoms with Gasteiger partial charge in [0.1, 0.15) is 5.75 Å². The van der Waals surface area contributed by atoms with Crippen LogP contribution in [0, 0.1) is 5.92 Å². The predicted octanol–water partition coefficient (Wildman–Crippen LogP) is 3.27. The molecule has 2 fully saturated rings. The lowest BCUT2D eigenvalue weighted by Crippen LogP contribution is -2.45. The van der Waals surface area contributed by atoms with Crippen LogP contribution in [0.4, 0.5) is 0 Å². The first kappa shape index (κ1) is 13.9. The molecule has 0 unspecified atom stereocenters. The number of piperazine rings is 1. The van der Waals surface area contributed by atoms with Crippen molar-refractivity contribution in [3.8, 4) is 5.75 Å². The van der Waals surface area contributed by atoms with E-state index in [1.54, 1.807) is 0 Å². The minimum absolute atomic E-state index is 0.342. The van der Waals surface area contributed by atoms with Crippen LogP contribution in [0.25, 0.3) is 0 Å². The monoisotopic (exact) mass is 388 g/mol. The fourth-order valence-electron chi connectivity index (χ4n) is 2.93. The van der Waals surface area contributed by atoms with Crippen molar-refractivity contribution < 1.29 is 5.11 Å². The molecule has 3 rings (SSSR count).